The Bertz CT molecular complexity index is 1350. The molecule has 0 saturated heterocycles. The van der Waals surface area contributed by atoms with Gasteiger partial charge < -0.3 is 20.3 Å². The quantitative estimate of drug-likeness (QED) is 0.0320. The van der Waals surface area contributed by atoms with Crippen molar-refractivity contribution in [2.45, 2.75) is 463 Å². The predicted molar refractivity (Wildman–Crippen MR) is 380 cm³/mol. The monoisotopic (exact) mass is 1210 g/mol. The third-order valence-corrected chi connectivity index (χ3v) is 18.7. The van der Waals surface area contributed by atoms with Gasteiger partial charge in [0.25, 0.3) is 0 Å². The van der Waals surface area contributed by atoms with Crippen molar-refractivity contribution < 1.29 is 24.5 Å². The highest BCUT2D eigenvalue weighted by molar-refractivity contribution is 5.76. The number of allylic oxidation sites excluding steroid dienone is 3. The number of amides is 1. The number of aliphatic hydroxyl groups excluding tert-OH is 2. The fraction of sp³-hybridized carbons (Fsp3) is 0.925. The zero-order valence-corrected chi connectivity index (χ0v) is 58.6. The number of rotatable bonds is 75. The summed E-state index contributed by atoms with van der Waals surface area (Å²) in [5.41, 5.74) is 0. The van der Waals surface area contributed by atoms with Crippen LogP contribution in [0.2, 0.25) is 0 Å². The lowest BCUT2D eigenvalue weighted by Crippen LogP contribution is -2.45. The van der Waals surface area contributed by atoms with Gasteiger partial charge in [0.15, 0.2) is 0 Å². The van der Waals surface area contributed by atoms with Gasteiger partial charge in [0.2, 0.25) is 5.91 Å². The number of carbonyl (C=O) groups excluding carboxylic acids is 2. The summed E-state index contributed by atoms with van der Waals surface area (Å²) < 4.78 is 5.50. The Labute approximate surface area is 539 Å². The van der Waals surface area contributed by atoms with Crippen LogP contribution in [-0.4, -0.2) is 47.4 Å². The number of nitrogens with one attached hydrogen (secondary N) is 1. The van der Waals surface area contributed by atoms with Crippen LogP contribution in [0.3, 0.4) is 0 Å². The second-order valence-electron chi connectivity index (χ2n) is 27.4. The van der Waals surface area contributed by atoms with Crippen molar-refractivity contribution in [1.29, 1.82) is 0 Å². The lowest BCUT2D eigenvalue weighted by molar-refractivity contribution is -0.143. The van der Waals surface area contributed by atoms with E-state index in [1.165, 1.54) is 379 Å². The van der Waals surface area contributed by atoms with Crippen LogP contribution < -0.4 is 5.32 Å². The Balaban J connectivity index is 3.30. The van der Waals surface area contributed by atoms with Gasteiger partial charge in [-0.2, -0.15) is 0 Å². The maximum Gasteiger partial charge on any atom is 0.305 e. The molecule has 0 spiro atoms. The second kappa shape index (κ2) is 75.8. The molecule has 6 heteroatoms. The first kappa shape index (κ1) is 84.3. The Morgan fingerprint density at radius 3 is 0.826 bits per heavy atom. The maximum absolute atomic E-state index is 12.5. The molecule has 3 N–H and O–H groups in total. The highest BCUT2D eigenvalue weighted by Gasteiger charge is 2.18. The molecule has 0 aliphatic rings. The van der Waals surface area contributed by atoms with Crippen LogP contribution in [-0.2, 0) is 14.3 Å². The van der Waals surface area contributed by atoms with E-state index in [9.17, 15) is 19.8 Å². The number of ether oxygens (including phenoxy) is 1. The van der Waals surface area contributed by atoms with Gasteiger partial charge in [-0.05, 0) is 57.8 Å². The van der Waals surface area contributed by atoms with E-state index in [0.717, 1.165) is 44.9 Å². The first-order chi connectivity index (χ1) is 42.5. The molecule has 86 heavy (non-hydrogen) atoms. The molecule has 0 bridgehead atoms. The molecule has 0 aromatic heterocycles. The van der Waals surface area contributed by atoms with Gasteiger partial charge in [0.1, 0.15) is 0 Å². The van der Waals surface area contributed by atoms with E-state index < -0.39 is 12.1 Å². The molecule has 0 fully saturated rings. The summed E-state index contributed by atoms with van der Waals surface area (Å²) in [5.74, 6) is -0.0422. The number of carbonyl (C=O) groups is 2. The first-order valence-corrected chi connectivity index (χ1v) is 39.6. The number of esters is 1. The van der Waals surface area contributed by atoms with Gasteiger partial charge in [-0.1, -0.05) is 404 Å². The minimum atomic E-state index is -0.840. The molecular weight excluding hydrogens is 1050 g/mol. The Morgan fingerprint density at radius 1 is 0.314 bits per heavy atom. The molecule has 1 amide bonds. The average molecular weight is 1210 g/mol. The third kappa shape index (κ3) is 71.4. The van der Waals surface area contributed by atoms with Gasteiger partial charge in [-0.25, -0.2) is 0 Å². The summed E-state index contributed by atoms with van der Waals surface area (Å²) in [7, 11) is 0. The largest absolute Gasteiger partial charge is 0.466 e. The van der Waals surface area contributed by atoms with Crippen LogP contribution in [0.5, 0.6) is 0 Å². The van der Waals surface area contributed by atoms with Crippen molar-refractivity contribution in [1.82, 2.24) is 5.32 Å². The zero-order chi connectivity index (χ0) is 62.0. The Kier molecular flexibility index (Phi) is 74.3. The fourth-order valence-corrected chi connectivity index (χ4v) is 12.7. The summed E-state index contributed by atoms with van der Waals surface area (Å²) in [6, 6.07) is -0.623. The highest BCUT2D eigenvalue weighted by atomic mass is 16.5. The van der Waals surface area contributed by atoms with E-state index in [-0.39, 0.29) is 18.5 Å². The highest BCUT2D eigenvalue weighted by Crippen LogP contribution is 2.20. The van der Waals surface area contributed by atoms with Crippen LogP contribution in [0.4, 0.5) is 0 Å². The zero-order valence-electron chi connectivity index (χ0n) is 58.6. The molecule has 0 aliphatic heterocycles. The molecule has 0 saturated carbocycles. The smallest absolute Gasteiger partial charge is 0.305 e. The van der Waals surface area contributed by atoms with Crippen LogP contribution in [0.25, 0.3) is 0 Å². The number of hydrogen-bond donors (Lipinski definition) is 3. The maximum atomic E-state index is 12.5. The van der Waals surface area contributed by atoms with Crippen LogP contribution in [0.15, 0.2) is 24.3 Å². The first-order valence-electron chi connectivity index (χ1n) is 39.6. The molecule has 2 atom stereocenters. The van der Waals surface area contributed by atoms with Gasteiger partial charge in [0, 0.05) is 12.8 Å². The molecule has 0 aromatic rings. The number of aliphatic hydroxyl groups is 2. The molecule has 6 nitrogen and oxygen atoms in total. The van der Waals surface area contributed by atoms with Crippen LogP contribution in [0.1, 0.15) is 450 Å². The van der Waals surface area contributed by atoms with E-state index in [4.69, 9.17) is 4.74 Å². The lowest BCUT2D eigenvalue weighted by atomic mass is 10.0. The van der Waals surface area contributed by atoms with Gasteiger partial charge >= 0.3 is 5.97 Å². The number of hydrogen-bond acceptors (Lipinski definition) is 5. The third-order valence-electron chi connectivity index (χ3n) is 18.7. The molecule has 0 heterocycles. The van der Waals surface area contributed by atoms with Crippen molar-refractivity contribution in [2.24, 2.45) is 0 Å². The SMILES string of the molecule is CCCCCCCCC/C=C\CCCCCCCC(=O)OCCCCCCCCCCCCCCCCCCCCCCCCCCCCCCCCCCCCCCCC(=O)NC(CO)C(O)/C=C/CCCCCCCCCCCCCCCC. The summed E-state index contributed by atoms with van der Waals surface area (Å²) >= 11 is 0. The van der Waals surface area contributed by atoms with Gasteiger partial charge in [-0.15, -0.1) is 0 Å². The van der Waals surface area contributed by atoms with Crippen molar-refractivity contribution >= 4 is 11.9 Å². The minimum absolute atomic E-state index is 0.0166. The normalized spacial score (nSPS) is 12.6. The summed E-state index contributed by atoms with van der Waals surface area (Å²) in [5, 5.41) is 23.2. The Morgan fingerprint density at radius 2 is 0.547 bits per heavy atom. The standard InChI is InChI=1S/C80H155NO5/c1-3-5-7-9-11-13-15-17-19-44-48-52-56-60-64-68-72-78(83)77(76-82)81-79(84)73-69-65-61-57-53-49-45-42-40-38-36-34-32-30-28-26-24-22-21-23-25-27-29-31-33-35-37-39-41-43-47-51-55-59-63-67-71-75-86-80(85)74-70-66-62-58-54-50-46-20-18-16-14-12-10-8-6-4-2/h20,46,68,72,77-78,82-83H,3-19,21-45,47-67,69-71,73-76H2,1-2H3,(H,81,84)/b46-20-,72-68+. The molecule has 510 valence electrons. The van der Waals surface area contributed by atoms with Gasteiger partial charge in [-0.3, -0.25) is 9.59 Å². The second-order valence-corrected chi connectivity index (χ2v) is 27.4. The molecule has 0 rings (SSSR count). The average Bonchev–Trinajstić information content (AvgIpc) is 3.60. The topological polar surface area (TPSA) is 95.9 Å². The summed E-state index contributed by atoms with van der Waals surface area (Å²) in [6.07, 6.45) is 97.4. The van der Waals surface area contributed by atoms with E-state index in [2.05, 4.69) is 31.3 Å². The van der Waals surface area contributed by atoms with Crippen molar-refractivity contribution in [2.75, 3.05) is 13.2 Å². The molecular formula is C80H155NO5. The molecule has 0 aromatic carbocycles. The summed E-state index contributed by atoms with van der Waals surface area (Å²) in [6.45, 7) is 4.94. The Hall–Kier alpha value is -1.66. The van der Waals surface area contributed by atoms with Crippen molar-refractivity contribution in [3.05, 3.63) is 24.3 Å². The lowest BCUT2D eigenvalue weighted by Gasteiger charge is -2.20. The fourth-order valence-electron chi connectivity index (χ4n) is 12.7. The molecule has 0 radical (unpaired) electrons. The van der Waals surface area contributed by atoms with E-state index in [0.29, 0.717) is 19.4 Å². The summed E-state index contributed by atoms with van der Waals surface area (Å²) in [4.78, 5) is 24.6. The van der Waals surface area contributed by atoms with E-state index >= 15 is 0 Å². The van der Waals surface area contributed by atoms with Crippen molar-refractivity contribution in [3.8, 4) is 0 Å². The van der Waals surface area contributed by atoms with E-state index in [1.54, 1.807) is 6.08 Å². The van der Waals surface area contributed by atoms with E-state index in [1.807, 2.05) is 6.08 Å². The number of unbranched alkanes of at least 4 members (excludes halogenated alkanes) is 62. The van der Waals surface area contributed by atoms with Crippen LogP contribution in [0, 0.1) is 0 Å². The van der Waals surface area contributed by atoms with Crippen molar-refractivity contribution in [3.63, 3.8) is 0 Å². The van der Waals surface area contributed by atoms with Gasteiger partial charge in [0.05, 0.1) is 25.4 Å². The van der Waals surface area contributed by atoms with Crippen LogP contribution >= 0.6 is 0 Å². The predicted octanol–water partition coefficient (Wildman–Crippen LogP) is 26.0. The minimum Gasteiger partial charge on any atom is -0.466 e. The molecule has 2 unspecified atom stereocenters. The molecule has 0 aliphatic carbocycles.